The average molecular weight is 307 g/mol. The van der Waals surface area contributed by atoms with Crippen molar-refractivity contribution in [3.05, 3.63) is 10.8 Å². The van der Waals surface area contributed by atoms with E-state index in [0.29, 0.717) is 18.3 Å². The Kier molecular flexibility index (Phi) is 3.93. The van der Waals surface area contributed by atoms with E-state index >= 15 is 0 Å². The molecule has 6 nitrogen and oxygen atoms in total. The van der Waals surface area contributed by atoms with Crippen molar-refractivity contribution < 1.29 is 4.79 Å². The fraction of sp³-hybridized carbons (Fsp3) is 0.714. The van der Waals surface area contributed by atoms with E-state index in [2.05, 4.69) is 29.1 Å². The zero-order valence-electron chi connectivity index (χ0n) is 12.7. The molecule has 3 rings (SSSR count). The van der Waals surface area contributed by atoms with Crippen molar-refractivity contribution in [3.63, 3.8) is 0 Å². The Hall–Kier alpha value is -1.50. The number of nitrogens with zero attached hydrogens (tertiary/aromatic N) is 5. The number of likely N-dealkylation sites (tertiary alicyclic amines) is 1. The maximum absolute atomic E-state index is 12.1. The molecule has 0 aliphatic carbocycles. The normalized spacial score (nSPS) is 17.0. The third-order valence-corrected chi connectivity index (χ3v) is 5.00. The molecule has 1 aliphatic heterocycles. The highest BCUT2D eigenvalue weighted by Gasteiger charge is 2.26. The highest BCUT2D eigenvalue weighted by atomic mass is 32.1. The van der Waals surface area contributed by atoms with Crippen LogP contribution in [0.15, 0.2) is 0 Å². The van der Waals surface area contributed by atoms with Crippen molar-refractivity contribution in [1.29, 1.82) is 0 Å². The minimum Gasteiger partial charge on any atom is -0.343 e. The lowest BCUT2D eigenvalue weighted by Gasteiger charge is -2.31. The van der Waals surface area contributed by atoms with Crippen molar-refractivity contribution in [2.45, 2.75) is 46.0 Å². The van der Waals surface area contributed by atoms with E-state index in [1.165, 1.54) is 0 Å². The second-order valence-corrected chi connectivity index (χ2v) is 7.12. The van der Waals surface area contributed by atoms with Gasteiger partial charge in [-0.25, -0.2) is 0 Å². The maximum atomic E-state index is 12.1. The number of carbonyl (C=O) groups excluding carboxylic acids is 1. The van der Waals surface area contributed by atoms with E-state index in [9.17, 15) is 4.79 Å². The fourth-order valence-corrected chi connectivity index (χ4v) is 3.80. The first-order chi connectivity index (χ1) is 10.0. The molecule has 0 spiro atoms. The topological polar surface area (TPSA) is 63.4 Å². The number of carbonyl (C=O) groups is 1. The monoisotopic (exact) mass is 307 g/mol. The molecule has 2 aromatic heterocycles. The van der Waals surface area contributed by atoms with E-state index in [4.69, 9.17) is 0 Å². The quantitative estimate of drug-likeness (QED) is 0.872. The molecule has 2 aromatic rings. The third-order valence-electron chi connectivity index (χ3n) is 3.94. The van der Waals surface area contributed by atoms with E-state index in [-0.39, 0.29) is 5.91 Å². The van der Waals surface area contributed by atoms with Crippen molar-refractivity contribution in [2.75, 3.05) is 13.1 Å². The van der Waals surface area contributed by atoms with E-state index in [1.54, 1.807) is 11.3 Å². The molecule has 1 amide bonds. The molecule has 1 saturated heterocycles. The summed E-state index contributed by atoms with van der Waals surface area (Å²) < 4.78 is 1.82. The molecule has 0 radical (unpaired) electrons. The van der Waals surface area contributed by atoms with Crippen molar-refractivity contribution in [2.24, 2.45) is 5.92 Å². The second-order valence-electron chi connectivity index (χ2n) is 6.13. The molecule has 114 valence electrons. The Labute approximate surface area is 128 Å². The summed E-state index contributed by atoms with van der Waals surface area (Å²) in [5.41, 5.74) is 0. The molecule has 0 N–H and O–H groups in total. The van der Waals surface area contributed by atoms with Gasteiger partial charge in [0.2, 0.25) is 10.9 Å². The number of hydrogen-bond donors (Lipinski definition) is 0. The number of hydrogen-bond acceptors (Lipinski definition) is 5. The minimum atomic E-state index is 0.289. The molecule has 1 fully saturated rings. The van der Waals surface area contributed by atoms with E-state index in [1.807, 2.05) is 16.3 Å². The van der Waals surface area contributed by atoms with Crippen molar-refractivity contribution >= 4 is 22.2 Å². The van der Waals surface area contributed by atoms with Gasteiger partial charge in [-0.05, 0) is 25.7 Å². The molecule has 0 atom stereocenters. The van der Waals surface area contributed by atoms with Gasteiger partial charge in [0.1, 0.15) is 5.01 Å². The van der Waals surface area contributed by atoms with Gasteiger partial charge in [-0.2, -0.15) is 9.61 Å². The Morgan fingerprint density at radius 1 is 1.33 bits per heavy atom. The van der Waals surface area contributed by atoms with Gasteiger partial charge >= 0.3 is 0 Å². The average Bonchev–Trinajstić information content (AvgIpc) is 3.01. The molecule has 0 bridgehead atoms. The molecule has 0 saturated carbocycles. The Morgan fingerprint density at radius 2 is 2.05 bits per heavy atom. The van der Waals surface area contributed by atoms with Crippen LogP contribution >= 0.6 is 11.3 Å². The van der Waals surface area contributed by atoms with Crippen LogP contribution in [0.3, 0.4) is 0 Å². The summed E-state index contributed by atoms with van der Waals surface area (Å²) in [6, 6.07) is 0. The number of piperidine rings is 1. The molecule has 21 heavy (non-hydrogen) atoms. The third kappa shape index (κ3) is 2.92. The maximum Gasteiger partial charge on any atom is 0.234 e. The highest BCUT2D eigenvalue weighted by Crippen LogP contribution is 2.31. The summed E-state index contributed by atoms with van der Waals surface area (Å²) in [5, 5.41) is 13.9. The van der Waals surface area contributed by atoms with Crippen LogP contribution in [0.2, 0.25) is 0 Å². The van der Waals surface area contributed by atoms with Crippen LogP contribution in [-0.4, -0.2) is 43.7 Å². The molecular weight excluding hydrogens is 286 g/mol. The van der Waals surface area contributed by atoms with Crippen LogP contribution < -0.4 is 0 Å². The van der Waals surface area contributed by atoms with E-state index < -0.39 is 0 Å². The Bertz CT molecular complexity index is 639. The largest absolute Gasteiger partial charge is 0.343 e. The van der Waals surface area contributed by atoms with Gasteiger partial charge in [0.15, 0.2) is 5.82 Å². The fourth-order valence-electron chi connectivity index (χ4n) is 2.75. The molecule has 7 heteroatoms. The first-order valence-electron chi connectivity index (χ1n) is 7.51. The summed E-state index contributed by atoms with van der Waals surface area (Å²) in [6.45, 7) is 7.78. The number of aryl methyl sites for hydroxylation is 1. The van der Waals surface area contributed by atoms with Crippen LogP contribution in [0, 0.1) is 12.8 Å². The molecular formula is C14H21N5OS. The van der Waals surface area contributed by atoms with Crippen LogP contribution in [0.4, 0.5) is 0 Å². The van der Waals surface area contributed by atoms with Crippen molar-refractivity contribution in [1.82, 2.24) is 24.7 Å². The summed E-state index contributed by atoms with van der Waals surface area (Å²) in [5.74, 6) is 1.99. The van der Waals surface area contributed by atoms with Gasteiger partial charge in [0.05, 0.1) is 0 Å². The number of aromatic nitrogens is 4. The number of amides is 1. The lowest BCUT2D eigenvalue weighted by Crippen LogP contribution is -2.38. The van der Waals surface area contributed by atoms with Crippen LogP contribution in [0.25, 0.3) is 4.96 Å². The van der Waals surface area contributed by atoms with Crippen molar-refractivity contribution in [3.8, 4) is 0 Å². The molecule has 1 aliphatic rings. The molecule has 0 unspecified atom stereocenters. The van der Waals surface area contributed by atoms with Crippen LogP contribution in [0.1, 0.15) is 49.9 Å². The zero-order valence-corrected chi connectivity index (χ0v) is 13.6. The number of fused-ring (bicyclic) bond motifs is 1. The van der Waals surface area contributed by atoms with Gasteiger partial charge in [-0.3, -0.25) is 4.79 Å². The van der Waals surface area contributed by atoms with Gasteiger partial charge in [0, 0.05) is 25.4 Å². The summed E-state index contributed by atoms with van der Waals surface area (Å²) in [7, 11) is 0. The van der Waals surface area contributed by atoms with Crippen LogP contribution in [-0.2, 0) is 4.79 Å². The first-order valence-corrected chi connectivity index (χ1v) is 8.32. The van der Waals surface area contributed by atoms with Gasteiger partial charge in [-0.1, -0.05) is 25.2 Å². The first kappa shape index (κ1) is 14.4. The summed E-state index contributed by atoms with van der Waals surface area (Å²) in [4.78, 5) is 15.0. The predicted octanol–water partition coefficient (Wildman–Crippen LogP) is 2.25. The second kappa shape index (κ2) is 5.71. The van der Waals surface area contributed by atoms with E-state index in [0.717, 1.165) is 41.7 Å². The van der Waals surface area contributed by atoms with Gasteiger partial charge < -0.3 is 4.90 Å². The Morgan fingerprint density at radius 3 is 2.67 bits per heavy atom. The predicted molar refractivity (Wildman–Crippen MR) is 81.4 cm³/mol. The lowest BCUT2D eigenvalue weighted by atomic mass is 9.97. The summed E-state index contributed by atoms with van der Waals surface area (Å²) in [6.07, 6.45) is 2.64. The minimum absolute atomic E-state index is 0.289. The summed E-state index contributed by atoms with van der Waals surface area (Å²) >= 11 is 1.62. The molecule has 0 aromatic carbocycles. The standard InChI is InChI=1S/C14H21N5OS/c1-9(2)8-12(20)18-6-4-11(5-7-18)13-17-19-10(3)15-16-14(19)21-13/h9,11H,4-8H2,1-3H3. The number of rotatable bonds is 3. The SMILES string of the molecule is Cc1nnc2sc(C3CCN(C(=O)CC(C)C)CC3)nn12. The zero-order chi connectivity index (χ0) is 15.0. The smallest absolute Gasteiger partial charge is 0.234 e. The highest BCUT2D eigenvalue weighted by molar-refractivity contribution is 7.16. The van der Waals surface area contributed by atoms with Gasteiger partial charge in [-0.15, -0.1) is 10.2 Å². The molecule has 3 heterocycles. The van der Waals surface area contributed by atoms with Gasteiger partial charge in [0.25, 0.3) is 0 Å². The Balaban J connectivity index is 1.64. The van der Waals surface area contributed by atoms with Crippen LogP contribution in [0.5, 0.6) is 0 Å². The lowest BCUT2D eigenvalue weighted by molar-refractivity contribution is -0.133.